The Bertz CT molecular complexity index is 655. The molecule has 0 aliphatic heterocycles. The molecule has 0 bridgehead atoms. The Labute approximate surface area is 122 Å². The quantitative estimate of drug-likeness (QED) is 0.859. The summed E-state index contributed by atoms with van der Waals surface area (Å²) in [4.78, 5) is 17.9. The summed E-state index contributed by atoms with van der Waals surface area (Å²) in [5.41, 5.74) is 6.96. The zero-order valence-electron chi connectivity index (χ0n) is 11.7. The number of anilines is 1. The number of amides is 1. The molecule has 7 nitrogen and oxygen atoms in total. The maximum atomic E-state index is 12.4. The molecule has 0 aliphatic carbocycles. The number of H-pyrrole nitrogens is 1. The van der Waals surface area contributed by atoms with Crippen molar-refractivity contribution in [2.24, 2.45) is 0 Å². The van der Waals surface area contributed by atoms with Crippen LogP contribution in [0.15, 0.2) is 24.3 Å². The number of nitrogens with two attached hydrogens (primary N) is 1. The lowest BCUT2D eigenvalue weighted by Crippen LogP contribution is -2.32. The smallest absolute Gasteiger partial charge is 0.291 e. The van der Waals surface area contributed by atoms with Crippen LogP contribution in [0.3, 0.4) is 0 Å². The summed E-state index contributed by atoms with van der Waals surface area (Å²) >= 11 is 0. The van der Waals surface area contributed by atoms with Crippen molar-refractivity contribution in [1.29, 1.82) is 5.26 Å². The predicted octanol–water partition coefficient (Wildman–Crippen LogP) is 1.31. The molecule has 0 atom stereocenters. The summed E-state index contributed by atoms with van der Waals surface area (Å²) in [6.45, 7) is 3.03. The minimum Gasteiger partial charge on any atom is -0.366 e. The van der Waals surface area contributed by atoms with Gasteiger partial charge in [0.25, 0.3) is 5.91 Å². The average molecular weight is 284 g/mol. The van der Waals surface area contributed by atoms with E-state index in [0.717, 1.165) is 12.0 Å². The van der Waals surface area contributed by atoms with Crippen molar-refractivity contribution in [2.75, 3.05) is 12.3 Å². The second kappa shape index (κ2) is 6.52. The van der Waals surface area contributed by atoms with E-state index in [2.05, 4.69) is 21.3 Å². The number of aromatic nitrogens is 3. The molecule has 1 aromatic heterocycles. The fraction of sp³-hybridized carbons (Fsp3) is 0.286. The highest BCUT2D eigenvalue weighted by molar-refractivity contribution is 5.90. The van der Waals surface area contributed by atoms with Gasteiger partial charge in [-0.2, -0.15) is 10.2 Å². The molecule has 1 amide bonds. The molecule has 1 heterocycles. The molecule has 0 spiro atoms. The molecule has 2 aromatic rings. The average Bonchev–Trinajstić information content (AvgIpc) is 2.93. The Morgan fingerprint density at radius 1 is 1.43 bits per heavy atom. The van der Waals surface area contributed by atoms with Gasteiger partial charge in [-0.05, 0) is 24.1 Å². The van der Waals surface area contributed by atoms with Gasteiger partial charge in [0.15, 0.2) is 0 Å². The van der Waals surface area contributed by atoms with Crippen molar-refractivity contribution in [1.82, 2.24) is 20.1 Å². The van der Waals surface area contributed by atoms with Gasteiger partial charge in [0.2, 0.25) is 11.8 Å². The molecule has 0 radical (unpaired) electrons. The number of nitrogens with zero attached hydrogens (tertiary/aromatic N) is 4. The number of aromatic amines is 1. The van der Waals surface area contributed by atoms with Crippen LogP contribution in [0.2, 0.25) is 0 Å². The number of nitrogen functional groups attached to an aromatic ring is 1. The SMILES string of the molecule is CCCN(Cc1ccc(C#N)cc1)C(=O)c1nc(N)n[nH]1. The Balaban J connectivity index is 2.14. The lowest BCUT2D eigenvalue weighted by Gasteiger charge is -2.20. The zero-order valence-corrected chi connectivity index (χ0v) is 11.7. The monoisotopic (exact) mass is 284 g/mol. The molecule has 2 rings (SSSR count). The van der Waals surface area contributed by atoms with Crippen molar-refractivity contribution < 1.29 is 4.79 Å². The number of nitrogens with one attached hydrogen (secondary N) is 1. The molecule has 0 saturated heterocycles. The van der Waals surface area contributed by atoms with Crippen LogP contribution in [0.25, 0.3) is 0 Å². The molecular weight excluding hydrogens is 268 g/mol. The zero-order chi connectivity index (χ0) is 15.2. The summed E-state index contributed by atoms with van der Waals surface area (Å²) in [5.74, 6) is -0.0619. The maximum absolute atomic E-state index is 12.4. The fourth-order valence-electron chi connectivity index (χ4n) is 1.95. The first-order chi connectivity index (χ1) is 10.1. The van der Waals surface area contributed by atoms with E-state index in [1.54, 1.807) is 17.0 Å². The predicted molar refractivity (Wildman–Crippen MR) is 77.0 cm³/mol. The second-order valence-corrected chi connectivity index (χ2v) is 4.58. The standard InChI is InChI=1S/C14H16N6O/c1-2-7-20(13(21)12-17-14(16)19-18-12)9-11-5-3-10(8-15)4-6-11/h3-6H,2,7,9H2,1H3,(H3,16,17,18,19). The number of hydrogen-bond acceptors (Lipinski definition) is 5. The van der Waals surface area contributed by atoms with Crippen LogP contribution in [0.5, 0.6) is 0 Å². The number of rotatable bonds is 5. The summed E-state index contributed by atoms with van der Waals surface area (Å²) in [6.07, 6.45) is 0.825. The summed E-state index contributed by atoms with van der Waals surface area (Å²) in [7, 11) is 0. The van der Waals surface area contributed by atoms with Crippen molar-refractivity contribution in [2.45, 2.75) is 19.9 Å². The van der Waals surface area contributed by atoms with Gasteiger partial charge < -0.3 is 10.6 Å². The van der Waals surface area contributed by atoms with Gasteiger partial charge >= 0.3 is 0 Å². The Hall–Kier alpha value is -2.88. The highest BCUT2D eigenvalue weighted by Gasteiger charge is 2.19. The summed E-state index contributed by atoms with van der Waals surface area (Å²) < 4.78 is 0. The topological polar surface area (TPSA) is 112 Å². The van der Waals surface area contributed by atoms with E-state index in [4.69, 9.17) is 11.0 Å². The van der Waals surface area contributed by atoms with E-state index in [9.17, 15) is 4.79 Å². The summed E-state index contributed by atoms with van der Waals surface area (Å²) in [5, 5.41) is 15.0. The summed E-state index contributed by atoms with van der Waals surface area (Å²) in [6, 6.07) is 9.20. The van der Waals surface area contributed by atoms with Gasteiger partial charge in [-0.3, -0.25) is 9.89 Å². The van der Waals surface area contributed by atoms with Gasteiger partial charge in [0.05, 0.1) is 11.6 Å². The van der Waals surface area contributed by atoms with Crippen LogP contribution < -0.4 is 5.73 Å². The van der Waals surface area contributed by atoms with E-state index in [1.807, 2.05) is 19.1 Å². The number of hydrogen-bond donors (Lipinski definition) is 2. The van der Waals surface area contributed by atoms with Crippen LogP contribution in [-0.4, -0.2) is 32.5 Å². The molecule has 0 saturated carbocycles. The van der Waals surface area contributed by atoms with Crippen LogP contribution >= 0.6 is 0 Å². The largest absolute Gasteiger partial charge is 0.366 e. The van der Waals surface area contributed by atoms with Crippen LogP contribution in [0, 0.1) is 11.3 Å². The van der Waals surface area contributed by atoms with E-state index in [0.29, 0.717) is 18.7 Å². The molecule has 1 aromatic carbocycles. The maximum Gasteiger partial charge on any atom is 0.291 e. The fourth-order valence-corrected chi connectivity index (χ4v) is 1.95. The van der Waals surface area contributed by atoms with Gasteiger partial charge in [0.1, 0.15) is 0 Å². The van der Waals surface area contributed by atoms with Crippen molar-refractivity contribution >= 4 is 11.9 Å². The molecule has 0 aliphatic rings. The van der Waals surface area contributed by atoms with Crippen molar-refractivity contribution in [3.8, 4) is 6.07 Å². The first kappa shape index (κ1) is 14.5. The minimum absolute atomic E-state index is 0.0492. The van der Waals surface area contributed by atoms with Crippen LogP contribution in [-0.2, 0) is 6.54 Å². The molecule has 0 fully saturated rings. The molecule has 3 N–H and O–H groups in total. The van der Waals surface area contributed by atoms with Crippen LogP contribution in [0.4, 0.5) is 5.95 Å². The highest BCUT2D eigenvalue weighted by atomic mass is 16.2. The second-order valence-electron chi connectivity index (χ2n) is 4.58. The van der Waals surface area contributed by atoms with Crippen molar-refractivity contribution in [3.05, 3.63) is 41.2 Å². The third-order valence-corrected chi connectivity index (χ3v) is 2.94. The van der Waals surface area contributed by atoms with Gasteiger partial charge in [0, 0.05) is 13.1 Å². The first-order valence-electron chi connectivity index (χ1n) is 6.60. The molecular formula is C14H16N6O. The van der Waals surface area contributed by atoms with Crippen molar-refractivity contribution in [3.63, 3.8) is 0 Å². The number of carbonyl (C=O) groups is 1. The Morgan fingerprint density at radius 2 is 2.14 bits per heavy atom. The molecule has 7 heteroatoms. The normalized spacial score (nSPS) is 10.1. The number of nitriles is 1. The number of benzene rings is 1. The first-order valence-corrected chi connectivity index (χ1v) is 6.60. The van der Waals surface area contributed by atoms with E-state index in [-0.39, 0.29) is 17.7 Å². The van der Waals surface area contributed by atoms with Gasteiger partial charge in [-0.15, -0.1) is 5.10 Å². The third-order valence-electron chi connectivity index (χ3n) is 2.94. The highest BCUT2D eigenvalue weighted by Crippen LogP contribution is 2.10. The third kappa shape index (κ3) is 3.57. The number of carbonyl (C=O) groups excluding carboxylic acids is 1. The van der Waals surface area contributed by atoms with E-state index in [1.165, 1.54) is 0 Å². The Kier molecular flexibility index (Phi) is 4.51. The lowest BCUT2D eigenvalue weighted by atomic mass is 10.1. The van der Waals surface area contributed by atoms with E-state index < -0.39 is 0 Å². The lowest BCUT2D eigenvalue weighted by molar-refractivity contribution is 0.0731. The molecule has 108 valence electrons. The van der Waals surface area contributed by atoms with Gasteiger partial charge in [-0.25, -0.2) is 0 Å². The van der Waals surface area contributed by atoms with Crippen LogP contribution in [0.1, 0.15) is 35.1 Å². The minimum atomic E-state index is -0.245. The molecule has 0 unspecified atom stereocenters. The Morgan fingerprint density at radius 3 is 2.67 bits per heavy atom. The van der Waals surface area contributed by atoms with Gasteiger partial charge in [-0.1, -0.05) is 19.1 Å². The molecule has 21 heavy (non-hydrogen) atoms. The van der Waals surface area contributed by atoms with E-state index >= 15 is 0 Å².